The summed E-state index contributed by atoms with van der Waals surface area (Å²) >= 11 is 0. The van der Waals surface area contributed by atoms with E-state index in [4.69, 9.17) is 0 Å². The van der Waals surface area contributed by atoms with E-state index in [1.165, 1.54) is 156 Å². The van der Waals surface area contributed by atoms with Gasteiger partial charge in [0.05, 0.1) is 0 Å². The molecule has 0 spiro atoms. The molecule has 0 aromatic carbocycles. The van der Waals surface area contributed by atoms with Gasteiger partial charge in [-0.15, -0.1) is 0 Å². The molecule has 216 valence electrons. The van der Waals surface area contributed by atoms with Crippen LogP contribution in [0.25, 0.3) is 0 Å². The summed E-state index contributed by atoms with van der Waals surface area (Å²) in [6, 6.07) is 0. The molecular weight excluding hydrogens is 444 g/mol. The van der Waals surface area contributed by atoms with Crippen LogP contribution >= 0.6 is 0 Å². The van der Waals surface area contributed by atoms with Gasteiger partial charge in [0.2, 0.25) is 0 Å². The van der Waals surface area contributed by atoms with Crippen LogP contribution in [0.4, 0.5) is 0 Å². The topological polar surface area (TPSA) is 19.2 Å². The van der Waals surface area contributed by atoms with Crippen LogP contribution in [-0.4, -0.2) is 150 Å². The molecule has 6 fully saturated rings. The van der Waals surface area contributed by atoms with E-state index in [0.717, 1.165) is 0 Å². The van der Waals surface area contributed by atoms with Crippen molar-refractivity contribution in [3.05, 3.63) is 0 Å². The molecule has 6 nitrogen and oxygen atoms in total. The minimum absolute atomic E-state index is 1.32. The lowest BCUT2D eigenvalue weighted by molar-refractivity contribution is 0.229. The quantitative estimate of drug-likeness (QED) is 0.450. The maximum atomic E-state index is 2.39. The molecule has 0 radical (unpaired) electrons. The minimum atomic E-state index is 1.32. The fourth-order valence-electron chi connectivity index (χ4n) is 4.61. The molecule has 0 atom stereocenters. The zero-order valence-electron chi connectivity index (χ0n) is 25.7. The van der Waals surface area contributed by atoms with Gasteiger partial charge in [0, 0.05) is 13.1 Å². The molecule has 0 unspecified atom stereocenters. The maximum Gasteiger partial charge on any atom is 0.0107 e. The second-order valence-electron chi connectivity index (χ2n) is 12.1. The molecule has 0 bridgehead atoms. The van der Waals surface area contributed by atoms with E-state index >= 15 is 0 Å². The molecule has 6 heteroatoms. The van der Waals surface area contributed by atoms with Gasteiger partial charge >= 0.3 is 0 Å². The molecule has 0 saturated carbocycles. The van der Waals surface area contributed by atoms with Crippen molar-refractivity contribution >= 4 is 0 Å². The zero-order valence-corrected chi connectivity index (χ0v) is 25.7. The SMILES string of the molecule is CN1CC1.CN1CCC1.CN1CCCC1.CN1CCCCC1.CN1CCCCC1.CN1CCCCC1. The van der Waals surface area contributed by atoms with E-state index in [2.05, 4.69) is 71.7 Å². The van der Waals surface area contributed by atoms with Gasteiger partial charge < -0.3 is 29.4 Å². The van der Waals surface area contributed by atoms with Crippen LogP contribution < -0.4 is 0 Å². The molecular formula is C30H66N6. The lowest BCUT2D eigenvalue weighted by Crippen LogP contribution is -2.32. The van der Waals surface area contributed by atoms with Gasteiger partial charge in [-0.25, -0.2) is 0 Å². The Bertz CT molecular complexity index is 406. The number of hydrogen-bond donors (Lipinski definition) is 0. The van der Waals surface area contributed by atoms with E-state index in [1.54, 1.807) is 0 Å². The van der Waals surface area contributed by atoms with E-state index < -0.39 is 0 Å². The largest absolute Gasteiger partial charge is 0.306 e. The summed E-state index contributed by atoms with van der Waals surface area (Å²) in [7, 11) is 13.0. The second kappa shape index (κ2) is 22.7. The molecule has 0 aromatic rings. The summed E-state index contributed by atoms with van der Waals surface area (Å²) in [6.45, 7) is 15.8. The van der Waals surface area contributed by atoms with E-state index in [9.17, 15) is 0 Å². The van der Waals surface area contributed by atoms with Crippen molar-refractivity contribution < 1.29 is 0 Å². The third kappa shape index (κ3) is 22.9. The van der Waals surface area contributed by atoms with E-state index in [0.29, 0.717) is 0 Å². The van der Waals surface area contributed by atoms with Crippen molar-refractivity contribution in [2.45, 2.75) is 77.0 Å². The Kier molecular flexibility index (Phi) is 21.3. The Labute approximate surface area is 227 Å². The van der Waals surface area contributed by atoms with Crippen LogP contribution in [0.5, 0.6) is 0 Å². The predicted octanol–water partition coefficient (Wildman–Crippen LogP) is 4.27. The lowest BCUT2D eigenvalue weighted by atomic mass is 10.1. The third-order valence-electron chi connectivity index (χ3n) is 7.82. The first-order valence-corrected chi connectivity index (χ1v) is 15.5. The predicted molar refractivity (Wildman–Crippen MR) is 160 cm³/mol. The molecule has 6 aliphatic rings. The Hall–Kier alpha value is -0.240. The molecule has 0 N–H and O–H groups in total. The number of piperidine rings is 3. The summed E-state index contributed by atoms with van der Waals surface area (Å²) in [5, 5.41) is 0. The number of nitrogens with zero attached hydrogens (tertiary/aromatic N) is 6. The van der Waals surface area contributed by atoms with E-state index in [-0.39, 0.29) is 0 Å². The Morgan fingerprint density at radius 3 is 0.389 bits per heavy atom. The summed E-state index contributed by atoms with van der Waals surface area (Å²) in [5.41, 5.74) is 0. The Balaban J connectivity index is 0.000000218. The van der Waals surface area contributed by atoms with Gasteiger partial charge in [-0.05, 0) is 166 Å². The number of hydrogen-bond acceptors (Lipinski definition) is 6. The highest BCUT2D eigenvalue weighted by atomic mass is 15.2. The van der Waals surface area contributed by atoms with Crippen LogP contribution in [0.15, 0.2) is 0 Å². The van der Waals surface area contributed by atoms with Crippen molar-refractivity contribution in [3.8, 4) is 0 Å². The van der Waals surface area contributed by atoms with Gasteiger partial charge in [-0.1, -0.05) is 19.3 Å². The van der Waals surface area contributed by atoms with Crippen molar-refractivity contribution in [2.75, 3.05) is 121 Å². The van der Waals surface area contributed by atoms with Gasteiger partial charge in [0.15, 0.2) is 0 Å². The van der Waals surface area contributed by atoms with Crippen molar-refractivity contribution in [1.82, 2.24) is 29.4 Å². The van der Waals surface area contributed by atoms with Crippen LogP contribution in [0.3, 0.4) is 0 Å². The number of likely N-dealkylation sites (tertiary alicyclic amines) is 5. The average Bonchev–Trinajstić information content (AvgIpc) is 3.50. The van der Waals surface area contributed by atoms with Gasteiger partial charge in [-0.2, -0.15) is 0 Å². The van der Waals surface area contributed by atoms with Gasteiger partial charge in [0.1, 0.15) is 0 Å². The fourth-order valence-corrected chi connectivity index (χ4v) is 4.61. The Morgan fingerprint density at radius 2 is 0.333 bits per heavy atom. The molecule has 6 heterocycles. The summed E-state index contributed by atoms with van der Waals surface area (Å²) in [4.78, 5) is 14.1. The first-order chi connectivity index (χ1) is 17.4. The van der Waals surface area contributed by atoms with Gasteiger partial charge in [0.25, 0.3) is 0 Å². The summed E-state index contributed by atoms with van der Waals surface area (Å²) in [5.74, 6) is 0. The highest BCUT2D eigenvalue weighted by molar-refractivity contribution is 4.64. The van der Waals surface area contributed by atoms with Crippen molar-refractivity contribution in [1.29, 1.82) is 0 Å². The number of rotatable bonds is 0. The van der Waals surface area contributed by atoms with E-state index in [1.807, 2.05) is 0 Å². The third-order valence-corrected chi connectivity index (χ3v) is 7.82. The van der Waals surface area contributed by atoms with Crippen LogP contribution in [0, 0.1) is 0 Å². The lowest BCUT2D eigenvalue weighted by Gasteiger charge is -2.24. The zero-order chi connectivity index (χ0) is 26.4. The number of likely N-dealkylation sites (N-methyl/N-ethyl adjacent to an activating group) is 1. The van der Waals surface area contributed by atoms with Crippen molar-refractivity contribution in [2.24, 2.45) is 0 Å². The molecule has 0 amide bonds. The smallest absolute Gasteiger partial charge is 0.0107 e. The molecule has 0 aliphatic carbocycles. The highest BCUT2D eigenvalue weighted by Gasteiger charge is 2.07. The normalized spacial score (nSPS) is 25.5. The standard InChI is InChI=1S/3C6H13N.C5H11N.C4H9N.C3H7N/c3*1-7-5-3-2-4-6-7;1-6-4-2-3-5-6;1-5-3-2-4-5;1-4-2-3-4/h3*2-6H2,1H3;2-5H2,1H3;2-4H2,1H3;2-3H2,1H3. The first kappa shape index (κ1) is 33.8. The molecule has 36 heavy (non-hydrogen) atoms. The average molecular weight is 511 g/mol. The highest BCUT2D eigenvalue weighted by Crippen LogP contribution is 2.06. The summed E-state index contributed by atoms with van der Waals surface area (Å²) < 4.78 is 0. The first-order valence-electron chi connectivity index (χ1n) is 15.5. The molecule has 6 saturated heterocycles. The molecule has 6 aliphatic heterocycles. The van der Waals surface area contributed by atoms with Crippen molar-refractivity contribution in [3.63, 3.8) is 0 Å². The minimum Gasteiger partial charge on any atom is -0.306 e. The van der Waals surface area contributed by atoms with Crippen LogP contribution in [0.2, 0.25) is 0 Å². The molecule has 6 rings (SSSR count). The second-order valence-corrected chi connectivity index (χ2v) is 12.1. The fraction of sp³-hybridized carbons (Fsp3) is 1.00. The van der Waals surface area contributed by atoms with Gasteiger partial charge in [-0.3, -0.25) is 0 Å². The summed E-state index contributed by atoms with van der Waals surface area (Å²) in [6.07, 6.45) is 17.1. The maximum absolute atomic E-state index is 2.39. The monoisotopic (exact) mass is 511 g/mol. The van der Waals surface area contributed by atoms with Crippen LogP contribution in [-0.2, 0) is 0 Å². The Morgan fingerprint density at radius 1 is 0.194 bits per heavy atom. The molecule has 0 aromatic heterocycles. The van der Waals surface area contributed by atoms with Crippen LogP contribution in [0.1, 0.15) is 77.0 Å².